The van der Waals surface area contributed by atoms with E-state index < -0.39 is 55.5 Å². The van der Waals surface area contributed by atoms with Crippen molar-refractivity contribution in [2.75, 3.05) is 13.2 Å². The number of aliphatic hydroxyl groups excluding tert-OH is 3. The van der Waals surface area contributed by atoms with E-state index in [1.807, 2.05) is 0 Å². The number of esters is 3. The maximum Gasteiger partial charge on any atom is 0.330 e. The molecule has 0 fully saturated rings. The van der Waals surface area contributed by atoms with Crippen LogP contribution in [0.25, 0.3) is 0 Å². The second-order valence-electron chi connectivity index (χ2n) is 4.36. The minimum atomic E-state index is -1.84. The first-order valence-corrected chi connectivity index (χ1v) is 6.72. The molecule has 3 N–H and O–H groups in total. The molecule has 0 saturated heterocycles. The fourth-order valence-electron chi connectivity index (χ4n) is 1.49. The van der Waals surface area contributed by atoms with Crippen molar-refractivity contribution in [2.45, 2.75) is 24.4 Å². The molecule has 0 amide bonds. The van der Waals surface area contributed by atoms with E-state index in [1.54, 1.807) is 0 Å². The predicted octanol–water partition coefficient (Wildman–Crippen LogP) is -1.37. The van der Waals surface area contributed by atoms with Gasteiger partial charge >= 0.3 is 17.9 Å². The molecule has 0 aliphatic heterocycles. The zero-order chi connectivity index (χ0) is 18.7. The Morgan fingerprint density at radius 2 is 1.42 bits per heavy atom. The van der Waals surface area contributed by atoms with Gasteiger partial charge in [-0.25, -0.2) is 14.4 Å². The van der Waals surface area contributed by atoms with Crippen LogP contribution in [0.4, 0.5) is 0 Å². The Bertz CT molecular complexity index is 485. The lowest BCUT2D eigenvalue weighted by atomic mass is 10.0. The van der Waals surface area contributed by atoms with Crippen molar-refractivity contribution in [1.29, 1.82) is 0 Å². The molecule has 0 rings (SSSR count). The van der Waals surface area contributed by atoms with Gasteiger partial charge in [0.15, 0.2) is 12.2 Å². The topological polar surface area (TPSA) is 140 Å². The number of carbonyl (C=O) groups excluding carboxylic acids is 3. The van der Waals surface area contributed by atoms with Gasteiger partial charge in [-0.3, -0.25) is 0 Å². The van der Waals surface area contributed by atoms with Crippen LogP contribution in [0.1, 0.15) is 0 Å². The largest absolute Gasteiger partial charge is 0.458 e. The van der Waals surface area contributed by atoms with Crippen LogP contribution in [0.3, 0.4) is 0 Å². The van der Waals surface area contributed by atoms with E-state index in [0.717, 1.165) is 18.2 Å². The summed E-state index contributed by atoms with van der Waals surface area (Å²) in [6.07, 6.45) is -4.29. The van der Waals surface area contributed by atoms with Crippen molar-refractivity contribution in [3.63, 3.8) is 0 Å². The predicted molar refractivity (Wildman–Crippen MR) is 80.4 cm³/mol. The van der Waals surface area contributed by atoms with E-state index >= 15 is 0 Å². The summed E-state index contributed by atoms with van der Waals surface area (Å²) in [4.78, 5) is 34.0. The first kappa shape index (κ1) is 21.5. The molecule has 0 bridgehead atoms. The SMILES string of the molecule is C=CC(=O)OC[C@H](OC(=O)C=C)[C@@H](OC(=O)C=C)[C@H](O)[C@H](O)CO. The number of hydrogen-bond acceptors (Lipinski definition) is 9. The summed E-state index contributed by atoms with van der Waals surface area (Å²) in [6, 6.07) is 0. The molecule has 9 heteroatoms. The molecular weight excluding hydrogens is 324 g/mol. The first-order chi connectivity index (χ1) is 11.3. The quantitative estimate of drug-likeness (QED) is 0.235. The lowest BCUT2D eigenvalue weighted by molar-refractivity contribution is -0.187. The van der Waals surface area contributed by atoms with Gasteiger partial charge in [-0.05, 0) is 0 Å². The molecule has 24 heavy (non-hydrogen) atoms. The van der Waals surface area contributed by atoms with E-state index in [0.29, 0.717) is 0 Å². The molecule has 9 nitrogen and oxygen atoms in total. The Labute approximate surface area is 138 Å². The summed E-state index contributed by atoms with van der Waals surface area (Å²) in [5.74, 6) is -2.82. The van der Waals surface area contributed by atoms with Gasteiger partial charge in [0.1, 0.15) is 18.8 Å². The Morgan fingerprint density at radius 1 is 0.917 bits per heavy atom. The molecule has 0 saturated carbocycles. The Morgan fingerprint density at radius 3 is 1.88 bits per heavy atom. The first-order valence-electron chi connectivity index (χ1n) is 6.72. The monoisotopic (exact) mass is 344 g/mol. The Kier molecular flexibility index (Phi) is 9.96. The zero-order valence-electron chi connectivity index (χ0n) is 12.9. The van der Waals surface area contributed by atoms with Gasteiger partial charge in [-0.15, -0.1) is 0 Å². The fraction of sp³-hybridized carbons (Fsp3) is 0.400. The Hall–Kier alpha value is -2.49. The standard InChI is InChI=1S/C15H20O9/c1-4-11(18)22-8-10(23-12(19)5-2)15(24-13(20)6-3)14(21)9(17)7-16/h4-6,9-10,14-17,21H,1-3,7-8H2/t9-,10+,14-,15-/m1/s1. The number of rotatable bonds is 11. The van der Waals surface area contributed by atoms with Gasteiger partial charge in [0, 0.05) is 18.2 Å². The van der Waals surface area contributed by atoms with E-state index in [-0.39, 0.29) is 0 Å². The molecule has 134 valence electrons. The summed E-state index contributed by atoms with van der Waals surface area (Å²) in [7, 11) is 0. The van der Waals surface area contributed by atoms with E-state index in [4.69, 9.17) is 19.3 Å². The summed E-state index contributed by atoms with van der Waals surface area (Å²) >= 11 is 0. The van der Waals surface area contributed by atoms with Crippen LogP contribution >= 0.6 is 0 Å². The van der Waals surface area contributed by atoms with Gasteiger partial charge in [-0.2, -0.15) is 0 Å². The van der Waals surface area contributed by atoms with Crippen molar-refractivity contribution < 1.29 is 43.9 Å². The second kappa shape index (κ2) is 11.1. The van der Waals surface area contributed by atoms with Crippen LogP contribution in [0.2, 0.25) is 0 Å². The number of carbonyl (C=O) groups is 3. The van der Waals surface area contributed by atoms with Crippen molar-refractivity contribution >= 4 is 17.9 Å². The molecule has 0 aromatic heterocycles. The van der Waals surface area contributed by atoms with Crippen LogP contribution in [0.5, 0.6) is 0 Å². The summed E-state index contributed by atoms with van der Waals surface area (Å²) < 4.78 is 14.5. The van der Waals surface area contributed by atoms with Crippen molar-refractivity contribution in [3.05, 3.63) is 38.0 Å². The highest BCUT2D eigenvalue weighted by Gasteiger charge is 2.38. The second-order valence-corrected chi connectivity index (χ2v) is 4.36. The highest BCUT2D eigenvalue weighted by atomic mass is 16.6. The smallest absolute Gasteiger partial charge is 0.330 e. The van der Waals surface area contributed by atoms with E-state index in [9.17, 15) is 24.6 Å². The van der Waals surface area contributed by atoms with Gasteiger partial charge < -0.3 is 29.5 Å². The summed E-state index contributed by atoms with van der Waals surface area (Å²) in [6.45, 7) is 8.05. The van der Waals surface area contributed by atoms with Gasteiger partial charge in [0.25, 0.3) is 0 Å². The minimum Gasteiger partial charge on any atom is -0.458 e. The van der Waals surface area contributed by atoms with Crippen LogP contribution in [0.15, 0.2) is 38.0 Å². The highest BCUT2D eigenvalue weighted by molar-refractivity contribution is 5.82. The fourth-order valence-corrected chi connectivity index (χ4v) is 1.49. The highest BCUT2D eigenvalue weighted by Crippen LogP contribution is 2.15. The van der Waals surface area contributed by atoms with Gasteiger partial charge in [0.05, 0.1) is 6.61 Å². The Balaban J connectivity index is 5.46. The molecule has 0 radical (unpaired) electrons. The maximum absolute atomic E-state index is 11.4. The van der Waals surface area contributed by atoms with Crippen LogP contribution in [0, 0.1) is 0 Å². The number of aliphatic hydroxyl groups is 3. The van der Waals surface area contributed by atoms with Gasteiger partial charge in [0.2, 0.25) is 0 Å². The van der Waals surface area contributed by atoms with Crippen LogP contribution in [-0.2, 0) is 28.6 Å². The average molecular weight is 344 g/mol. The third kappa shape index (κ3) is 7.18. The van der Waals surface area contributed by atoms with Crippen LogP contribution < -0.4 is 0 Å². The molecule has 0 heterocycles. The maximum atomic E-state index is 11.4. The van der Waals surface area contributed by atoms with E-state index in [1.165, 1.54) is 0 Å². The zero-order valence-corrected chi connectivity index (χ0v) is 12.9. The lowest BCUT2D eigenvalue weighted by Crippen LogP contribution is -2.51. The molecule has 4 atom stereocenters. The van der Waals surface area contributed by atoms with Crippen LogP contribution in [-0.4, -0.2) is 70.9 Å². The average Bonchev–Trinajstić information content (AvgIpc) is 2.60. The van der Waals surface area contributed by atoms with E-state index in [2.05, 4.69) is 19.7 Å². The third-order valence-corrected chi connectivity index (χ3v) is 2.69. The molecule has 0 aromatic rings. The van der Waals surface area contributed by atoms with Crippen molar-refractivity contribution in [1.82, 2.24) is 0 Å². The minimum absolute atomic E-state index is 0.616. The molecule has 0 unspecified atom stereocenters. The summed E-state index contributed by atoms with van der Waals surface area (Å²) in [5, 5.41) is 28.5. The van der Waals surface area contributed by atoms with Crippen molar-refractivity contribution in [2.24, 2.45) is 0 Å². The summed E-state index contributed by atoms with van der Waals surface area (Å²) in [5.41, 5.74) is 0. The molecule has 0 aromatic carbocycles. The molecular formula is C15H20O9. The number of hydrogen-bond donors (Lipinski definition) is 3. The van der Waals surface area contributed by atoms with Gasteiger partial charge in [-0.1, -0.05) is 19.7 Å². The molecule has 0 spiro atoms. The third-order valence-electron chi connectivity index (χ3n) is 2.69. The number of ether oxygens (including phenoxy) is 3. The molecule has 0 aliphatic carbocycles. The normalized spacial score (nSPS) is 15.1. The lowest BCUT2D eigenvalue weighted by Gasteiger charge is -2.31. The molecule has 0 aliphatic rings. The van der Waals surface area contributed by atoms with Crippen molar-refractivity contribution in [3.8, 4) is 0 Å².